The van der Waals surface area contributed by atoms with Gasteiger partial charge in [0.25, 0.3) is 0 Å². The lowest BCUT2D eigenvalue weighted by Crippen LogP contribution is -2.33. The summed E-state index contributed by atoms with van der Waals surface area (Å²) < 4.78 is 7.88. The van der Waals surface area contributed by atoms with Crippen molar-refractivity contribution in [2.75, 3.05) is 0 Å². The van der Waals surface area contributed by atoms with Gasteiger partial charge in [-0.3, -0.25) is 9.78 Å². The number of rotatable bonds is 13. The average Bonchev–Trinajstić information content (AvgIpc) is 3.58. The molecule has 0 radical (unpaired) electrons. The number of halogens is 2. The molecule has 0 aliphatic heterocycles. The summed E-state index contributed by atoms with van der Waals surface area (Å²) in [5.74, 6) is -0.211. The Bertz CT molecular complexity index is 1900. The van der Waals surface area contributed by atoms with Gasteiger partial charge in [-0.15, -0.1) is 0 Å². The third-order valence-electron chi connectivity index (χ3n) is 7.23. The predicted octanol–water partition coefficient (Wildman–Crippen LogP) is 6.51. The molecule has 5 N–H and O–H groups in total. The lowest BCUT2D eigenvalue weighted by Gasteiger charge is -2.20. The number of aromatic hydroxyl groups is 1. The third kappa shape index (κ3) is 7.98. The number of ether oxygens (including phenoxy) is 1. The second-order valence-electron chi connectivity index (χ2n) is 10.6. The summed E-state index contributed by atoms with van der Waals surface area (Å²) in [4.78, 5) is 45.6. The number of carboxylic acid groups (broad SMARTS) is 1. The Kier molecular flexibility index (Phi) is 10.1. The van der Waals surface area contributed by atoms with Crippen LogP contribution in [0.3, 0.4) is 0 Å². The summed E-state index contributed by atoms with van der Waals surface area (Å²) in [6.45, 7) is 2.73. The van der Waals surface area contributed by atoms with Gasteiger partial charge in [0.05, 0.1) is 34.4 Å². The van der Waals surface area contributed by atoms with E-state index in [2.05, 4.69) is 22.2 Å². The SMILES string of the molecule is CCCCn1cc(-c2ccc(Cl)cc2Cl)nc1[C@H](Cc1ccc(Oc2ccc(C(=O)O)cc2)cc1)NC(=O)Cc1[nH]c(=O)[nH]c1O. The van der Waals surface area contributed by atoms with Crippen molar-refractivity contribution in [1.82, 2.24) is 24.8 Å². The van der Waals surface area contributed by atoms with E-state index in [1.54, 1.807) is 42.5 Å². The van der Waals surface area contributed by atoms with Crippen LogP contribution in [0.25, 0.3) is 11.3 Å². The lowest BCUT2D eigenvalue weighted by atomic mass is 10.0. The van der Waals surface area contributed by atoms with Crippen molar-refractivity contribution >= 4 is 35.1 Å². The number of H-pyrrole nitrogens is 2. The topological polar surface area (TPSA) is 162 Å². The van der Waals surface area contributed by atoms with E-state index in [1.807, 2.05) is 22.9 Å². The number of nitrogens with one attached hydrogen (secondary N) is 3. The fourth-order valence-electron chi connectivity index (χ4n) is 4.92. The van der Waals surface area contributed by atoms with E-state index in [-0.39, 0.29) is 17.7 Å². The van der Waals surface area contributed by atoms with Gasteiger partial charge in [-0.1, -0.05) is 48.7 Å². The molecular weight excluding hydrogens is 633 g/mol. The molecule has 1 amide bonds. The number of carboxylic acids is 1. The number of aromatic nitrogens is 4. The van der Waals surface area contributed by atoms with E-state index in [4.69, 9.17) is 38.0 Å². The van der Waals surface area contributed by atoms with Crippen molar-refractivity contribution in [1.29, 1.82) is 0 Å². The van der Waals surface area contributed by atoms with E-state index >= 15 is 0 Å². The fraction of sp³-hybridized carbons (Fsp3) is 0.212. The summed E-state index contributed by atoms with van der Waals surface area (Å²) in [5.41, 5.74) is 1.80. The molecule has 0 unspecified atom stereocenters. The number of benzene rings is 3. The van der Waals surface area contributed by atoms with Crippen LogP contribution >= 0.6 is 23.2 Å². The number of imidazole rings is 2. The fourth-order valence-corrected chi connectivity index (χ4v) is 5.43. The molecule has 11 nitrogen and oxygen atoms in total. The van der Waals surface area contributed by atoms with E-state index in [0.29, 0.717) is 51.6 Å². The maximum Gasteiger partial charge on any atom is 0.335 e. The number of unbranched alkanes of at least 4 members (excludes halogenated alkanes) is 1. The van der Waals surface area contributed by atoms with E-state index in [9.17, 15) is 19.5 Å². The maximum absolute atomic E-state index is 13.3. The number of aryl methyl sites for hydroxylation is 1. The van der Waals surface area contributed by atoms with Crippen LogP contribution in [0.5, 0.6) is 17.4 Å². The van der Waals surface area contributed by atoms with Crippen LogP contribution in [-0.2, 0) is 24.2 Å². The van der Waals surface area contributed by atoms with Gasteiger partial charge in [-0.05, 0) is 73.0 Å². The Morgan fingerprint density at radius 3 is 2.33 bits per heavy atom. The van der Waals surface area contributed by atoms with Crippen molar-refractivity contribution in [2.45, 2.75) is 45.2 Å². The van der Waals surface area contributed by atoms with Crippen molar-refractivity contribution < 1.29 is 24.5 Å². The van der Waals surface area contributed by atoms with Crippen molar-refractivity contribution in [3.63, 3.8) is 0 Å². The summed E-state index contributed by atoms with van der Waals surface area (Å²) in [6, 6.07) is 18.0. The largest absolute Gasteiger partial charge is 0.493 e. The zero-order chi connectivity index (χ0) is 32.8. The number of aromatic amines is 2. The van der Waals surface area contributed by atoms with Crippen molar-refractivity contribution in [3.05, 3.63) is 116 Å². The molecule has 3 aromatic carbocycles. The molecule has 0 aliphatic rings. The average molecular weight is 665 g/mol. The number of hydrogen-bond acceptors (Lipinski definition) is 6. The molecule has 2 heterocycles. The second kappa shape index (κ2) is 14.4. The molecule has 0 saturated carbocycles. The Morgan fingerprint density at radius 1 is 1.02 bits per heavy atom. The molecule has 2 aromatic heterocycles. The Morgan fingerprint density at radius 2 is 1.72 bits per heavy atom. The second-order valence-corrected chi connectivity index (χ2v) is 11.5. The van der Waals surface area contributed by atoms with Crippen LogP contribution in [0.2, 0.25) is 10.0 Å². The van der Waals surface area contributed by atoms with Crippen LogP contribution in [-0.4, -0.2) is 41.6 Å². The van der Waals surface area contributed by atoms with Gasteiger partial charge < -0.3 is 29.8 Å². The number of hydrogen-bond donors (Lipinski definition) is 5. The van der Waals surface area contributed by atoms with Crippen LogP contribution in [0.1, 0.15) is 53.2 Å². The molecule has 5 aromatic rings. The predicted molar refractivity (Wildman–Crippen MR) is 174 cm³/mol. The van der Waals surface area contributed by atoms with Crippen molar-refractivity contribution in [3.8, 4) is 28.6 Å². The minimum absolute atomic E-state index is 0.0714. The maximum atomic E-state index is 13.3. The van der Waals surface area contributed by atoms with Gasteiger partial charge in [0.15, 0.2) is 0 Å². The molecule has 5 rings (SSSR count). The van der Waals surface area contributed by atoms with Crippen molar-refractivity contribution in [2.24, 2.45) is 0 Å². The first kappa shape index (κ1) is 32.4. The van der Waals surface area contributed by atoms with Gasteiger partial charge >= 0.3 is 11.7 Å². The standard InChI is InChI=1S/C33H31Cl2N5O6/c1-2-3-14-40-18-28(24-13-8-21(34)16-25(24)35)37-30(40)26(36-29(41)17-27-31(42)39-33(45)38-27)15-19-4-9-22(10-5-19)46-23-11-6-20(7-12-23)32(43)44/h4-13,16,18,26,42H,2-3,14-15,17H2,1H3,(H,36,41)(H,43,44)(H2,38,39,45)/t26-/m0/s1. The minimum atomic E-state index is -1.02. The summed E-state index contributed by atoms with van der Waals surface area (Å²) in [5, 5.41) is 23.1. The molecule has 0 fully saturated rings. The normalized spacial score (nSPS) is 11.7. The Labute approximate surface area is 273 Å². The molecule has 0 bridgehead atoms. The lowest BCUT2D eigenvalue weighted by molar-refractivity contribution is -0.121. The summed E-state index contributed by atoms with van der Waals surface area (Å²) in [7, 11) is 0. The van der Waals surface area contributed by atoms with Gasteiger partial charge in [-0.2, -0.15) is 0 Å². The molecule has 46 heavy (non-hydrogen) atoms. The zero-order valence-corrected chi connectivity index (χ0v) is 26.2. The van der Waals surface area contributed by atoms with Gasteiger partial charge in [0, 0.05) is 23.3 Å². The minimum Gasteiger partial charge on any atom is -0.493 e. The first-order valence-corrected chi connectivity index (χ1v) is 15.3. The van der Waals surface area contributed by atoms with E-state index in [1.165, 1.54) is 12.1 Å². The smallest absolute Gasteiger partial charge is 0.335 e. The van der Waals surface area contributed by atoms with Gasteiger partial charge in [-0.25, -0.2) is 14.6 Å². The monoisotopic (exact) mass is 663 g/mol. The molecule has 1 atom stereocenters. The number of nitrogens with zero attached hydrogens (tertiary/aromatic N) is 2. The summed E-state index contributed by atoms with van der Waals surface area (Å²) >= 11 is 12.7. The zero-order valence-electron chi connectivity index (χ0n) is 24.7. The highest BCUT2D eigenvalue weighted by Gasteiger charge is 2.24. The first-order chi connectivity index (χ1) is 22.1. The first-order valence-electron chi connectivity index (χ1n) is 14.5. The van der Waals surface area contributed by atoms with E-state index < -0.39 is 29.5 Å². The highest BCUT2D eigenvalue weighted by molar-refractivity contribution is 6.36. The molecule has 0 spiro atoms. The number of amides is 1. The number of aromatic carboxylic acids is 1. The molecule has 0 saturated heterocycles. The van der Waals surface area contributed by atoms with Gasteiger partial charge in [0.2, 0.25) is 11.8 Å². The summed E-state index contributed by atoms with van der Waals surface area (Å²) in [6.07, 6.45) is 3.80. The highest BCUT2D eigenvalue weighted by atomic mass is 35.5. The van der Waals surface area contributed by atoms with E-state index in [0.717, 1.165) is 18.4 Å². The molecule has 13 heteroatoms. The molecular formula is C33H31Cl2N5O6. The van der Waals surface area contributed by atoms with Crippen LogP contribution in [0.15, 0.2) is 77.7 Å². The third-order valence-corrected chi connectivity index (χ3v) is 7.78. The highest BCUT2D eigenvalue weighted by Crippen LogP contribution is 2.32. The molecule has 238 valence electrons. The van der Waals surface area contributed by atoms with Crippen LogP contribution in [0.4, 0.5) is 0 Å². The number of carbonyl (C=O) groups excluding carboxylic acids is 1. The van der Waals surface area contributed by atoms with Crippen LogP contribution in [0, 0.1) is 0 Å². The Hall–Kier alpha value is -5.00. The Balaban J connectivity index is 1.44. The van der Waals surface area contributed by atoms with Gasteiger partial charge in [0.1, 0.15) is 17.3 Å². The quantitative estimate of drug-likeness (QED) is 0.0958. The molecule has 0 aliphatic carbocycles. The van der Waals surface area contributed by atoms with Crippen LogP contribution < -0.4 is 15.7 Å². The number of carbonyl (C=O) groups is 2.